The van der Waals surface area contributed by atoms with Crippen LogP contribution in [0.4, 0.5) is 19.4 Å². The number of pyridine rings is 1. The summed E-state index contributed by atoms with van der Waals surface area (Å²) in [5.74, 6) is 3.94. The smallest absolute Gasteiger partial charge is 0.410 e. The largest absolute Gasteiger partial charge is 0.468 e. The SMILES string of the molecule is C=C1CN2CC(F)CC2(COc2nc(N3CC4CCC(C3)N4C(=O)OC(C)(C)C)c3cnc(-c4cc(OCOC)cc5cccc(C#C[Si](C(C)C)(C(C)C)C(C)C)c45)c(F)c3n2)C1. The Morgan fingerprint density at radius 3 is 2.38 bits per heavy atom. The third-order valence-corrected chi connectivity index (χ3v) is 20.3. The van der Waals surface area contributed by atoms with Crippen LogP contribution in [0.5, 0.6) is 11.8 Å². The molecule has 2 aromatic carbocycles. The van der Waals surface area contributed by atoms with E-state index in [0.717, 1.165) is 34.8 Å². The Morgan fingerprint density at radius 1 is 1.02 bits per heavy atom. The zero-order valence-electron chi connectivity index (χ0n) is 39.2. The molecule has 14 heteroatoms. The van der Waals surface area contributed by atoms with E-state index in [4.69, 9.17) is 33.9 Å². The van der Waals surface area contributed by atoms with Crippen LogP contribution in [-0.2, 0) is 9.47 Å². The van der Waals surface area contributed by atoms with Crippen LogP contribution in [0.2, 0.25) is 16.6 Å². The minimum absolute atomic E-state index is 0.000752. The van der Waals surface area contributed by atoms with Crippen LogP contribution in [0.25, 0.3) is 32.9 Å². The highest BCUT2D eigenvalue weighted by atomic mass is 28.3. The number of ether oxygens (including phenoxy) is 4. The number of methoxy groups -OCH3 is 1. The van der Waals surface area contributed by atoms with Gasteiger partial charge >= 0.3 is 12.1 Å². The first-order valence-electron chi connectivity index (χ1n) is 22.9. The minimum atomic E-state index is -2.15. The van der Waals surface area contributed by atoms with E-state index >= 15 is 4.39 Å². The lowest BCUT2D eigenvalue weighted by Crippen LogP contribution is -2.57. The maximum Gasteiger partial charge on any atom is 0.410 e. The van der Waals surface area contributed by atoms with Crippen LogP contribution in [0.1, 0.15) is 93.6 Å². The number of hydrogen-bond acceptors (Lipinski definition) is 10. The molecule has 4 saturated heterocycles. The third kappa shape index (κ3) is 8.44. The van der Waals surface area contributed by atoms with Crippen LogP contribution in [0.3, 0.4) is 0 Å². The van der Waals surface area contributed by atoms with Gasteiger partial charge in [-0.05, 0) is 80.2 Å². The molecule has 0 aliphatic carbocycles. The van der Waals surface area contributed by atoms with E-state index in [2.05, 4.69) is 69.4 Å². The van der Waals surface area contributed by atoms with Gasteiger partial charge in [0.1, 0.15) is 49.2 Å². The molecule has 4 fully saturated rings. The van der Waals surface area contributed by atoms with Crippen molar-refractivity contribution in [1.29, 1.82) is 0 Å². The molecule has 0 N–H and O–H groups in total. The van der Waals surface area contributed by atoms with Gasteiger partial charge in [-0.3, -0.25) is 14.8 Å². The predicted molar refractivity (Wildman–Crippen MR) is 251 cm³/mol. The lowest BCUT2D eigenvalue weighted by atomic mass is 9.93. The molecule has 342 valence electrons. The first-order chi connectivity index (χ1) is 30.3. The standard InChI is InChI=1S/C50H64F2N6O5Si/c1-30(2)64(31(3)4,32(5)6)18-17-34-13-12-14-35-19-39(62-29-60-11)20-40(42(34)35)44-43(52)45-41(23-53-44)46(56-26-37-15-16-38(27-56)58(37)48(59)63-49(8,9)10)55-47(54-45)61-28-50-21-33(7)24-57(50)25-36(51)22-50/h12-14,19-20,23,30-32,36-38H,7,15-16,21-22,24-29H2,1-6,8-11H3. The number of alkyl halides is 1. The van der Waals surface area contributed by atoms with Gasteiger partial charge in [0.25, 0.3) is 0 Å². The van der Waals surface area contributed by atoms with E-state index < -0.39 is 31.2 Å². The van der Waals surface area contributed by atoms with Crippen molar-refractivity contribution in [3.8, 4) is 34.5 Å². The molecule has 8 rings (SSSR count). The van der Waals surface area contributed by atoms with E-state index in [1.54, 1.807) is 19.4 Å². The van der Waals surface area contributed by atoms with E-state index in [0.29, 0.717) is 78.2 Å². The number of carbonyl (C=O) groups excluding carboxylic acids is 1. The van der Waals surface area contributed by atoms with Crippen molar-refractivity contribution in [1.82, 2.24) is 24.8 Å². The zero-order chi connectivity index (χ0) is 45.9. The van der Waals surface area contributed by atoms with Crippen molar-refractivity contribution < 1.29 is 32.5 Å². The highest BCUT2D eigenvalue weighted by Gasteiger charge is 2.51. The average Bonchev–Trinajstić information content (AvgIpc) is 3.80. The second-order valence-corrected chi connectivity index (χ2v) is 26.0. The topological polar surface area (TPSA) is 102 Å². The molecule has 1 amide bonds. The highest BCUT2D eigenvalue weighted by molar-refractivity contribution is 6.90. The molecule has 0 saturated carbocycles. The Bertz CT molecular complexity index is 2480. The summed E-state index contributed by atoms with van der Waals surface area (Å²) in [5.41, 5.74) is 6.33. The number of carbonyl (C=O) groups is 1. The number of hydrogen-bond donors (Lipinski definition) is 0. The minimum Gasteiger partial charge on any atom is -0.468 e. The van der Waals surface area contributed by atoms with Crippen LogP contribution in [-0.4, -0.2) is 115 Å². The summed E-state index contributed by atoms with van der Waals surface area (Å²) in [6.45, 7) is 25.5. The van der Waals surface area contributed by atoms with Gasteiger partial charge in [-0.2, -0.15) is 9.97 Å². The van der Waals surface area contributed by atoms with E-state index in [1.165, 1.54) is 0 Å². The molecule has 2 bridgehead atoms. The molecular weight excluding hydrogens is 831 g/mol. The molecule has 11 nitrogen and oxygen atoms in total. The van der Waals surface area contributed by atoms with Gasteiger partial charge < -0.3 is 23.8 Å². The Hall–Kier alpha value is -4.84. The summed E-state index contributed by atoms with van der Waals surface area (Å²) in [6.07, 6.45) is 2.81. The fourth-order valence-electron chi connectivity index (χ4n) is 11.4. The molecule has 2 aromatic heterocycles. The van der Waals surface area contributed by atoms with Crippen LogP contribution in [0.15, 0.2) is 48.7 Å². The van der Waals surface area contributed by atoms with E-state index in [-0.39, 0.29) is 48.8 Å². The van der Waals surface area contributed by atoms with Gasteiger partial charge in [0.15, 0.2) is 12.6 Å². The van der Waals surface area contributed by atoms with Gasteiger partial charge in [-0.25, -0.2) is 13.6 Å². The molecular formula is C50H64F2N6O5Si. The molecule has 6 heterocycles. The van der Waals surface area contributed by atoms with Crippen molar-refractivity contribution in [3.05, 3.63) is 60.1 Å². The maximum absolute atomic E-state index is 17.9. The second kappa shape index (κ2) is 17.5. The van der Waals surface area contributed by atoms with Crippen molar-refractivity contribution in [2.75, 3.05) is 51.6 Å². The lowest BCUT2D eigenvalue weighted by molar-refractivity contribution is 0.0122. The fourth-order valence-corrected chi connectivity index (χ4v) is 16.6. The third-order valence-electron chi connectivity index (χ3n) is 14.0. The Labute approximate surface area is 377 Å². The van der Waals surface area contributed by atoms with Gasteiger partial charge in [0.2, 0.25) is 0 Å². The number of aromatic nitrogens is 3. The molecule has 4 aromatic rings. The monoisotopic (exact) mass is 894 g/mol. The number of halogens is 2. The Morgan fingerprint density at radius 2 is 1.72 bits per heavy atom. The molecule has 0 spiro atoms. The number of nitrogens with zero attached hydrogens (tertiary/aromatic N) is 6. The van der Waals surface area contributed by atoms with Gasteiger partial charge in [-0.15, -0.1) is 5.54 Å². The fraction of sp³-hybridized carbons (Fsp3) is 0.560. The highest BCUT2D eigenvalue weighted by Crippen LogP contribution is 2.45. The number of piperazine rings is 1. The molecule has 0 radical (unpaired) electrons. The van der Waals surface area contributed by atoms with Crippen molar-refractivity contribution >= 4 is 41.7 Å². The quantitative estimate of drug-likeness (QED) is 0.0626. The Kier molecular flexibility index (Phi) is 12.5. The normalized spacial score (nSPS) is 22.5. The summed E-state index contributed by atoms with van der Waals surface area (Å²) in [5, 5.41) is 1.99. The van der Waals surface area contributed by atoms with Gasteiger partial charge in [0, 0.05) is 62.4 Å². The summed E-state index contributed by atoms with van der Waals surface area (Å²) in [7, 11) is -0.593. The van der Waals surface area contributed by atoms with E-state index in [1.807, 2.05) is 49.9 Å². The van der Waals surface area contributed by atoms with Crippen LogP contribution in [0, 0.1) is 17.3 Å². The predicted octanol–water partition coefficient (Wildman–Crippen LogP) is 10.2. The molecule has 4 atom stereocenters. The maximum atomic E-state index is 17.9. The van der Waals surface area contributed by atoms with E-state index in [9.17, 15) is 9.18 Å². The molecule has 64 heavy (non-hydrogen) atoms. The Balaban J connectivity index is 1.27. The number of amides is 1. The summed E-state index contributed by atoms with van der Waals surface area (Å²) in [4.78, 5) is 34.1. The van der Waals surface area contributed by atoms with Gasteiger partial charge in [-0.1, -0.05) is 71.7 Å². The number of rotatable bonds is 11. The van der Waals surface area contributed by atoms with Crippen molar-refractivity contribution in [2.45, 2.75) is 134 Å². The summed E-state index contributed by atoms with van der Waals surface area (Å²) in [6, 6.07) is 9.37. The molecule has 4 aliphatic heterocycles. The first-order valence-corrected chi connectivity index (χ1v) is 25.1. The number of fused-ring (bicyclic) bond motifs is 5. The van der Waals surface area contributed by atoms with Crippen molar-refractivity contribution in [3.63, 3.8) is 0 Å². The zero-order valence-corrected chi connectivity index (χ0v) is 40.2. The number of anilines is 1. The lowest BCUT2D eigenvalue weighted by Gasteiger charge is -2.42. The second-order valence-electron chi connectivity index (χ2n) is 20.4. The van der Waals surface area contributed by atoms with Crippen LogP contribution >= 0.6 is 0 Å². The first kappa shape index (κ1) is 45.7. The van der Waals surface area contributed by atoms with Crippen molar-refractivity contribution in [2.24, 2.45) is 0 Å². The summed E-state index contributed by atoms with van der Waals surface area (Å²) < 4.78 is 56.4. The average molecular weight is 895 g/mol. The molecule has 4 unspecified atom stereocenters. The van der Waals surface area contributed by atoms with Crippen LogP contribution < -0.4 is 14.4 Å². The van der Waals surface area contributed by atoms with Gasteiger partial charge in [0.05, 0.1) is 23.0 Å². The summed E-state index contributed by atoms with van der Waals surface area (Å²) >= 11 is 0. The molecule has 4 aliphatic rings. The number of benzene rings is 2.